The fraction of sp³-hybridized carbons (Fsp3) is 0.935. The van der Waals surface area contributed by atoms with E-state index in [0.29, 0.717) is 24.2 Å². The average Bonchev–Trinajstić information content (AvgIpc) is 2.88. The summed E-state index contributed by atoms with van der Waals surface area (Å²) in [5.74, 6) is 0. The van der Waals surface area contributed by atoms with Crippen LogP contribution in [0, 0.1) is 0 Å². The van der Waals surface area contributed by atoms with Crippen molar-refractivity contribution in [2.45, 2.75) is 129 Å². The van der Waals surface area contributed by atoms with E-state index in [1.54, 1.807) is 7.11 Å². The molecule has 0 aromatic heterocycles. The summed E-state index contributed by atoms with van der Waals surface area (Å²) in [6, 6.07) is 0. The predicted octanol–water partition coefficient (Wildman–Crippen LogP) is 8.46. The topological polar surface area (TPSA) is 74.2 Å². The van der Waals surface area contributed by atoms with Crippen molar-refractivity contribution in [1.82, 2.24) is 0 Å². The molecule has 0 aliphatic carbocycles. The van der Waals surface area contributed by atoms with E-state index in [-0.39, 0.29) is 13.2 Å². The van der Waals surface area contributed by atoms with Crippen molar-refractivity contribution >= 4 is 7.82 Å². The van der Waals surface area contributed by atoms with Gasteiger partial charge in [-0.25, -0.2) is 4.57 Å². The lowest BCUT2D eigenvalue weighted by Gasteiger charge is -2.24. The highest BCUT2D eigenvalue weighted by molar-refractivity contribution is 7.47. The number of hydrogen-bond donors (Lipinski definition) is 1. The van der Waals surface area contributed by atoms with Crippen LogP contribution in [-0.4, -0.2) is 76.7 Å². The second kappa shape index (κ2) is 26.6. The molecule has 0 saturated carbocycles. The van der Waals surface area contributed by atoms with Gasteiger partial charge < -0.3 is 18.9 Å². The normalized spacial score (nSPS) is 14.7. The maximum atomic E-state index is 12.0. The first-order valence-corrected chi connectivity index (χ1v) is 17.4. The number of phosphoric ester groups is 1. The molecule has 7 nitrogen and oxygen atoms in total. The summed E-state index contributed by atoms with van der Waals surface area (Å²) >= 11 is 0. The number of nitrogens with zero attached hydrogens (tertiary/aromatic N) is 1. The van der Waals surface area contributed by atoms with Crippen LogP contribution in [0.1, 0.15) is 122 Å². The van der Waals surface area contributed by atoms with Crippen LogP contribution in [0.2, 0.25) is 0 Å². The Morgan fingerprint density at radius 1 is 0.692 bits per heavy atom. The van der Waals surface area contributed by atoms with E-state index in [0.717, 1.165) is 6.42 Å². The summed E-state index contributed by atoms with van der Waals surface area (Å²) in [6.07, 6.45) is 28.1. The van der Waals surface area contributed by atoms with Gasteiger partial charge in [0.25, 0.3) is 0 Å². The summed E-state index contributed by atoms with van der Waals surface area (Å²) in [4.78, 5) is 9.81. The van der Waals surface area contributed by atoms with Gasteiger partial charge >= 0.3 is 7.82 Å². The third-order valence-corrected chi connectivity index (χ3v) is 7.86. The van der Waals surface area contributed by atoms with E-state index in [1.807, 2.05) is 21.1 Å². The van der Waals surface area contributed by atoms with E-state index in [4.69, 9.17) is 18.5 Å². The molecule has 1 unspecified atom stereocenters. The summed E-state index contributed by atoms with van der Waals surface area (Å²) < 4.78 is 33.7. The molecule has 1 N–H and O–H groups in total. The Labute approximate surface area is 242 Å². The molecule has 0 aliphatic rings. The third-order valence-electron chi connectivity index (χ3n) is 6.88. The minimum Gasteiger partial charge on any atom is -0.379 e. The Morgan fingerprint density at radius 2 is 1.18 bits per heavy atom. The molecule has 0 aromatic rings. The van der Waals surface area contributed by atoms with Crippen LogP contribution < -0.4 is 0 Å². The number of likely N-dealkylation sites (N-methyl/N-ethyl adjacent to an activating group) is 1. The van der Waals surface area contributed by atoms with Crippen molar-refractivity contribution in [3.63, 3.8) is 0 Å². The van der Waals surface area contributed by atoms with Crippen molar-refractivity contribution in [3.8, 4) is 0 Å². The summed E-state index contributed by atoms with van der Waals surface area (Å²) in [6.45, 7) is 4.01. The molecule has 8 heteroatoms. The van der Waals surface area contributed by atoms with E-state index in [1.165, 1.54) is 109 Å². The number of allylic oxidation sites excluding steroid dienone is 2. The third kappa shape index (κ3) is 30.5. The molecule has 0 saturated heterocycles. The van der Waals surface area contributed by atoms with Gasteiger partial charge in [-0.15, -0.1) is 0 Å². The van der Waals surface area contributed by atoms with Crippen molar-refractivity contribution in [1.29, 1.82) is 0 Å². The molecule has 0 fully saturated rings. The van der Waals surface area contributed by atoms with Crippen LogP contribution in [0.25, 0.3) is 0 Å². The zero-order valence-electron chi connectivity index (χ0n) is 26.4. The molecular weight excluding hydrogens is 513 g/mol. The zero-order chi connectivity index (χ0) is 29.1. The summed E-state index contributed by atoms with van der Waals surface area (Å²) in [5, 5.41) is 0. The lowest BCUT2D eigenvalue weighted by atomic mass is 10.1. The first-order valence-electron chi connectivity index (χ1n) is 15.9. The van der Waals surface area contributed by atoms with Crippen LogP contribution in [-0.2, 0) is 23.1 Å². The average molecular weight is 579 g/mol. The van der Waals surface area contributed by atoms with Crippen molar-refractivity contribution in [2.75, 3.05) is 61.2 Å². The number of phosphoric acid groups is 1. The van der Waals surface area contributed by atoms with Crippen LogP contribution in [0.3, 0.4) is 0 Å². The minimum atomic E-state index is -4.08. The fourth-order valence-electron chi connectivity index (χ4n) is 4.20. The molecule has 0 spiro atoms. The molecule has 0 rings (SSSR count). The Bertz CT molecular complexity index is 596. The van der Waals surface area contributed by atoms with E-state index < -0.39 is 13.9 Å². The van der Waals surface area contributed by atoms with Gasteiger partial charge in [0.2, 0.25) is 0 Å². The van der Waals surface area contributed by atoms with Gasteiger partial charge in [0.05, 0.1) is 34.4 Å². The second-order valence-corrected chi connectivity index (χ2v) is 13.3. The van der Waals surface area contributed by atoms with Gasteiger partial charge in [0, 0.05) is 13.7 Å². The standard InChI is InChI=1S/C31H64NO6P/c1-6-7-8-9-10-11-12-13-14-15-16-17-18-19-20-21-22-23-24-25-27-36-29-31(35-5)30-38-39(33,34)37-28-26-32(2,3)4/h16-17,31H,6-15,18-30H2,1-5H3/p+1/t31-/m1/s1. The smallest absolute Gasteiger partial charge is 0.379 e. The lowest BCUT2D eigenvalue weighted by Crippen LogP contribution is -2.37. The molecule has 234 valence electrons. The molecule has 0 heterocycles. The first kappa shape index (κ1) is 38.7. The maximum Gasteiger partial charge on any atom is 0.472 e. The van der Waals surface area contributed by atoms with E-state index >= 15 is 0 Å². The van der Waals surface area contributed by atoms with Crippen molar-refractivity contribution < 1.29 is 32.5 Å². The van der Waals surface area contributed by atoms with Gasteiger partial charge in [-0.1, -0.05) is 103 Å². The van der Waals surface area contributed by atoms with Crippen LogP contribution in [0.5, 0.6) is 0 Å². The molecule has 0 radical (unpaired) electrons. The maximum absolute atomic E-state index is 12.0. The summed E-state index contributed by atoms with van der Waals surface area (Å²) in [5.41, 5.74) is 0. The van der Waals surface area contributed by atoms with Gasteiger partial charge in [-0.2, -0.15) is 0 Å². The Balaban J connectivity index is 3.47. The highest BCUT2D eigenvalue weighted by Crippen LogP contribution is 2.43. The molecule has 39 heavy (non-hydrogen) atoms. The van der Waals surface area contributed by atoms with Gasteiger partial charge in [0.15, 0.2) is 0 Å². The Hall–Kier alpha value is -0.270. The lowest BCUT2D eigenvalue weighted by molar-refractivity contribution is -0.870. The van der Waals surface area contributed by atoms with Gasteiger partial charge in [-0.3, -0.25) is 9.05 Å². The SMILES string of the molecule is CCCCCCCCCCCC=CCCCCCCCCCOC[C@H](COP(=O)(O)OCC[N+](C)(C)C)OC. The first-order chi connectivity index (χ1) is 18.7. The Morgan fingerprint density at radius 3 is 1.67 bits per heavy atom. The number of hydrogen-bond acceptors (Lipinski definition) is 5. The molecule has 0 amide bonds. The zero-order valence-corrected chi connectivity index (χ0v) is 27.3. The van der Waals surface area contributed by atoms with Gasteiger partial charge in [0.1, 0.15) is 19.3 Å². The molecule has 2 atom stereocenters. The number of quaternary nitrogens is 1. The molecule has 0 aromatic carbocycles. The molecule has 0 bridgehead atoms. The van der Waals surface area contributed by atoms with Crippen LogP contribution in [0.4, 0.5) is 0 Å². The quantitative estimate of drug-likeness (QED) is 0.0399. The summed E-state index contributed by atoms with van der Waals surface area (Å²) in [7, 11) is 3.44. The highest BCUT2D eigenvalue weighted by Gasteiger charge is 2.24. The number of unbranched alkanes of at least 4 members (excludes halogenated alkanes) is 16. The number of rotatable bonds is 30. The largest absolute Gasteiger partial charge is 0.472 e. The molecule has 0 aliphatic heterocycles. The van der Waals surface area contributed by atoms with Crippen molar-refractivity contribution in [3.05, 3.63) is 12.2 Å². The molecular formula is C31H65NO6P+. The Kier molecular flexibility index (Phi) is 26.4. The fourth-order valence-corrected chi connectivity index (χ4v) is 4.94. The second-order valence-electron chi connectivity index (χ2n) is 11.9. The van der Waals surface area contributed by atoms with Gasteiger partial charge in [-0.05, 0) is 32.1 Å². The highest BCUT2D eigenvalue weighted by atomic mass is 31.2. The van der Waals surface area contributed by atoms with E-state index in [9.17, 15) is 9.46 Å². The van der Waals surface area contributed by atoms with Crippen molar-refractivity contribution in [2.24, 2.45) is 0 Å². The van der Waals surface area contributed by atoms with Crippen LogP contribution in [0.15, 0.2) is 12.2 Å². The van der Waals surface area contributed by atoms with Crippen LogP contribution >= 0.6 is 7.82 Å². The number of ether oxygens (including phenoxy) is 2. The number of methoxy groups -OCH3 is 1. The minimum absolute atomic E-state index is 0.0386. The van der Waals surface area contributed by atoms with E-state index in [2.05, 4.69) is 19.1 Å². The predicted molar refractivity (Wildman–Crippen MR) is 164 cm³/mol. The monoisotopic (exact) mass is 578 g/mol.